The summed E-state index contributed by atoms with van der Waals surface area (Å²) >= 11 is 0. The number of halogens is 5. The summed E-state index contributed by atoms with van der Waals surface area (Å²) < 4.78 is 69.7. The third kappa shape index (κ3) is 3.51. The van der Waals surface area contributed by atoms with Crippen molar-refractivity contribution in [2.24, 2.45) is 0 Å². The number of anilines is 1. The summed E-state index contributed by atoms with van der Waals surface area (Å²) in [5, 5.41) is 0.951. The molecule has 0 saturated carbocycles. The molecule has 0 amide bonds. The van der Waals surface area contributed by atoms with Gasteiger partial charge < -0.3 is 9.88 Å². The van der Waals surface area contributed by atoms with Gasteiger partial charge in [-0.25, -0.2) is 18.7 Å². The molecular weight excluding hydrogens is 439 g/mol. The first-order valence-electron chi connectivity index (χ1n) is 10.4. The maximum absolute atomic E-state index is 15.2. The molecule has 9 heteroatoms. The van der Waals surface area contributed by atoms with Crippen LogP contribution in [0.3, 0.4) is 0 Å². The number of nitrogens with zero attached hydrogens (tertiary/aromatic N) is 3. The Bertz CT molecular complexity index is 1380. The van der Waals surface area contributed by atoms with E-state index in [2.05, 4.69) is 15.0 Å². The summed E-state index contributed by atoms with van der Waals surface area (Å²) in [5.74, 6) is -2.23. The fourth-order valence-corrected chi connectivity index (χ4v) is 4.46. The average molecular weight is 458 g/mol. The normalized spacial score (nSPS) is 16.3. The van der Waals surface area contributed by atoms with Gasteiger partial charge in [-0.3, -0.25) is 0 Å². The number of hydrogen-bond acceptors (Lipinski definition) is 3. The van der Waals surface area contributed by atoms with Gasteiger partial charge in [0, 0.05) is 34.9 Å². The van der Waals surface area contributed by atoms with Gasteiger partial charge in [0.05, 0.1) is 0 Å². The van der Waals surface area contributed by atoms with Crippen molar-refractivity contribution in [2.75, 3.05) is 11.4 Å². The van der Waals surface area contributed by atoms with Gasteiger partial charge in [0.15, 0.2) is 11.6 Å². The molecule has 1 atom stereocenters. The SMILES string of the molecule is Cc1ccc2[nH]c3c(c2c1)CCN(c1nccc(C(F)(F)F)n1)C3c1ccc(C)c(F)c1F. The van der Waals surface area contributed by atoms with E-state index in [4.69, 9.17) is 0 Å². The van der Waals surface area contributed by atoms with Gasteiger partial charge in [-0.15, -0.1) is 0 Å². The molecule has 4 aromatic rings. The molecule has 5 rings (SSSR count). The van der Waals surface area contributed by atoms with Crippen LogP contribution >= 0.6 is 0 Å². The van der Waals surface area contributed by atoms with Crippen LogP contribution in [0.5, 0.6) is 0 Å². The van der Waals surface area contributed by atoms with Gasteiger partial charge >= 0.3 is 6.18 Å². The molecule has 1 aliphatic heterocycles. The molecule has 2 aromatic heterocycles. The quantitative estimate of drug-likeness (QED) is 0.374. The maximum atomic E-state index is 15.2. The highest BCUT2D eigenvalue weighted by atomic mass is 19.4. The molecule has 1 aliphatic rings. The number of H-pyrrole nitrogens is 1. The fourth-order valence-electron chi connectivity index (χ4n) is 4.46. The van der Waals surface area contributed by atoms with Gasteiger partial charge in [-0.2, -0.15) is 13.2 Å². The molecule has 0 spiro atoms. The first kappa shape index (κ1) is 21.4. The Balaban J connectivity index is 1.74. The van der Waals surface area contributed by atoms with Gasteiger partial charge in [0.1, 0.15) is 11.7 Å². The Kier molecular flexibility index (Phi) is 4.88. The predicted molar refractivity (Wildman–Crippen MR) is 114 cm³/mol. The first-order valence-corrected chi connectivity index (χ1v) is 10.4. The highest BCUT2D eigenvalue weighted by Crippen LogP contribution is 2.42. The van der Waals surface area contributed by atoms with E-state index in [-0.39, 0.29) is 23.6 Å². The first-order chi connectivity index (χ1) is 15.6. The zero-order valence-corrected chi connectivity index (χ0v) is 17.8. The molecule has 33 heavy (non-hydrogen) atoms. The molecule has 0 fully saturated rings. The van der Waals surface area contributed by atoms with E-state index in [1.54, 1.807) is 0 Å². The van der Waals surface area contributed by atoms with E-state index in [1.807, 2.05) is 25.1 Å². The summed E-state index contributed by atoms with van der Waals surface area (Å²) in [6, 6.07) is 8.61. The van der Waals surface area contributed by atoms with E-state index in [0.717, 1.165) is 34.3 Å². The number of aromatic nitrogens is 3. The molecule has 170 valence electrons. The smallest absolute Gasteiger partial charge is 0.356 e. The van der Waals surface area contributed by atoms with E-state index in [0.29, 0.717) is 12.1 Å². The largest absolute Gasteiger partial charge is 0.433 e. The molecule has 3 heterocycles. The number of fused-ring (bicyclic) bond motifs is 3. The predicted octanol–water partition coefficient (Wildman–Crippen LogP) is 6.02. The Morgan fingerprint density at radius 1 is 1.03 bits per heavy atom. The molecular formula is C24H19F5N4. The molecule has 0 saturated heterocycles. The summed E-state index contributed by atoms with van der Waals surface area (Å²) in [6.07, 6.45) is -3.16. The van der Waals surface area contributed by atoms with E-state index in [9.17, 15) is 17.6 Å². The standard InChI is InChI=1S/C24H19F5N4/c1-12-3-6-17-16(11-12)14-8-10-33(23-30-9-7-18(32-23)24(27,28)29)22(21(14)31-17)15-5-4-13(2)19(25)20(15)26/h3-7,9,11,22,31H,8,10H2,1-2H3. The van der Waals surface area contributed by atoms with Crippen LogP contribution in [0.1, 0.15) is 39.7 Å². The Morgan fingerprint density at radius 3 is 2.58 bits per heavy atom. The van der Waals surface area contributed by atoms with Crippen molar-refractivity contribution in [1.82, 2.24) is 15.0 Å². The number of aryl methyl sites for hydroxylation is 2. The summed E-state index contributed by atoms with van der Waals surface area (Å²) in [7, 11) is 0. The van der Waals surface area contributed by atoms with Crippen molar-refractivity contribution >= 4 is 16.9 Å². The zero-order valence-electron chi connectivity index (χ0n) is 17.8. The monoisotopic (exact) mass is 458 g/mol. The highest BCUT2D eigenvalue weighted by molar-refractivity contribution is 5.86. The molecule has 0 radical (unpaired) electrons. The highest BCUT2D eigenvalue weighted by Gasteiger charge is 2.38. The second-order valence-electron chi connectivity index (χ2n) is 8.25. The van der Waals surface area contributed by atoms with Crippen LogP contribution in [-0.4, -0.2) is 21.5 Å². The van der Waals surface area contributed by atoms with Crippen LogP contribution < -0.4 is 4.90 Å². The summed E-state index contributed by atoms with van der Waals surface area (Å²) in [4.78, 5) is 12.5. The van der Waals surface area contributed by atoms with Crippen LogP contribution in [-0.2, 0) is 12.6 Å². The van der Waals surface area contributed by atoms with E-state index >= 15 is 4.39 Å². The molecule has 2 aromatic carbocycles. The van der Waals surface area contributed by atoms with Gasteiger partial charge in [-0.05, 0) is 49.6 Å². The lowest BCUT2D eigenvalue weighted by atomic mass is 9.91. The number of alkyl halides is 3. The summed E-state index contributed by atoms with van der Waals surface area (Å²) in [6.45, 7) is 3.64. The van der Waals surface area contributed by atoms with Crippen molar-refractivity contribution in [1.29, 1.82) is 0 Å². The number of rotatable bonds is 2. The minimum atomic E-state index is -4.66. The second-order valence-corrected chi connectivity index (χ2v) is 8.25. The van der Waals surface area contributed by atoms with E-state index < -0.39 is 29.5 Å². The summed E-state index contributed by atoms with van der Waals surface area (Å²) in [5.41, 5.74) is 2.41. The van der Waals surface area contributed by atoms with Gasteiger partial charge in [-0.1, -0.05) is 23.8 Å². The van der Waals surface area contributed by atoms with Gasteiger partial charge in [0.25, 0.3) is 0 Å². The van der Waals surface area contributed by atoms with Crippen LogP contribution in [0.25, 0.3) is 10.9 Å². The lowest BCUT2D eigenvalue weighted by molar-refractivity contribution is -0.141. The molecule has 0 aliphatic carbocycles. The lowest BCUT2D eigenvalue weighted by Crippen LogP contribution is -2.38. The fraction of sp³-hybridized carbons (Fsp3) is 0.250. The lowest BCUT2D eigenvalue weighted by Gasteiger charge is -2.36. The number of hydrogen-bond donors (Lipinski definition) is 1. The van der Waals surface area contributed by atoms with E-state index in [1.165, 1.54) is 24.0 Å². The van der Waals surface area contributed by atoms with Crippen LogP contribution in [0.4, 0.5) is 27.9 Å². The van der Waals surface area contributed by atoms with Crippen LogP contribution in [0.15, 0.2) is 42.6 Å². The van der Waals surface area contributed by atoms with Crippen LogP contribution in [0, 0.1) is 25.5 Å². The minimum Gasteiger partial charge on any atom is -0.356 e. The second kappa shape index (κ2) is 7.54. The van der Waals surface area contributed by atoms with Crippen molar-refractivity contribution in [3.8, 4) is 0 Å². The Hall–Kier alpha value is -3.49. The van der Waals surface area contributed by atoms with Crippen molar-refractivity contribution in [3.05, 3.63) is 87.9 Å². The molecule has 0 bridgehead atoms. The number of benzene rings is 2. The third-order valence-electron chi connectivity index (χ3n) is 6.07. The molecule has 4 nitrogen and oxygen atoms in total. The third-order valence-corrected chi connectivity index (χ3v) is 6.07. The van der Waals surface area contributed by atoms with Crippen LogP contribution in [0.2, 0.25) is 0 Å². The van der Waals surface area contributed by atoms with Crippen molar-refractivity contribution in [2.45, 2.75) is 32.5 Å². The topological polar surface area (TPSA) is 44.8 Å². The van der Waals surface area contributed by atoms with Crippen molar-refractivity contribution in [3.63, 3.8) is 0 Å². The minimum absolute atomic E-state index is 0.00309. The maximum Gasteiger partial charge on any atom is 0.433 e. The number of aromatic amines is 1. The van der Waals surface area contributed by atoms with Crippen molar-refractivity contribution < 1.29 is 22.0 Å². The zero-order chi connectivity index (χ0) is 23.5. The average Bonchev–Trinajstić information content (AvgIpc) is 3.15. The molecule has 1 N–H and O–H groups in total. The van der Waals surface area contributed by atoms with Gasteiger partial charge in [0.2, 0.25) is 5.95 Å². The Morgan fingerprint density at radius 2 is 1.82 bits per heavy atom. The Labute approximate surface area is 186 Å². The molecule has 1 unspecified atom stereocenters. The number of nitrogens with one attached hydrogen (secondary N) is 1.